The van der Waals surface area contributed by atoms with Gasteiger partial charge in [0.25, 0.3) is 5.69 Å². The van der Waals surface area contributed by atoms with Gasteiger partial charge in [-0.15, -0.1) is 0 Å². The van der Waals surface area contributed by atoms with E-state index in [2.05, 4.69) is 27.9 Å². The van der Waals surface area contributed by atoms with E-state index in [1.54, 1.807) is 12.4 Å². The fraction of sp³-hybridized carbons (Fsp3) is 0.111. The molecule has 0 aliphatic rings. The van der Waals surface area contributed by atoms with E-state index < -0.39 is 4.92 Å². The van der Waals surface area contributed by atoms with E-state index in [0.29, 0.717) is 27.9 Å². The Labute approximate surface area is 201 Å². The lowest BCUT2D eigenvalue weighted by Gasteiger charge is -2.14. The minimum atomic E-state index is -0.448. The summed E-state index contributed by atoms with van der Waals surface area (Å²) in [6.07, 6.45) is 4.39. The molecule has 8 nitrogen and oxygen atoms in total. The van der Waals surface area contributed by atoms with Gasteiger partial charge in [-0.1, -0.05) is 49.4 Å². The second kappa shape index (κ2) is 9.26. The average molecular weight is 466 g/mol. The highest BCUT2D eigenvalue weighted by molar-refractivity contribution is 6.22. The molecular formula is C27H23N5O3. The number of H-pyrrole nitrogens is 2. The van der Waals surface area contributed by atoms with Crippen LogP contribution in [0, 0.1) is 10.1 Å². The number of nitro benzene ring substituents is 1. The summed E-state index contributed by atoms with van der Waals surface area (Å²) in [7, 11) is 0. The quantitative estimate of drug-likeness (QED) is 0.150. The number of aliphatic imine (C=N–C) groups is 1. The van der Waals surface area contributed by atoms with Crippen molar-refractivity contribution in [2.24, 2.45) is 4.99 Å². The fourth-order valence-electron chi connectivity index (χ4n) is 4.41. The van der Waals surface area contributed by atoms with Gasteiger partial charge >= 0.3 is 0 Å². The van der Waals surface area contributed by atoms with Gasteiger partial charge in [-0.05, 0) is 30.2 Å². The zero-order valence-corrected chi connectivity index (χ0v) is 19.0. The van der Waals surface area contributed by atoms with Gasteiger partial charge in [-0.25, -0.2) is 9.98 Å². The second-order valence-electron chi connectivity index (χ2n) is 8.22. The average Bonchev–Trinajstić information content (AvgIpc) is 3.51. The maximum atomic E-state index is 11.4. The van der Waals surface area contributed by atoms with Crippen molar-refractivity contribution in [3.63, 3.8) is 0 Å². The molecule has 0 aliphatic carbocycles. The van der Waals surface area contributed by atoms with Gasteiger partial charge in [0, 0.05) is 46.4 Å². The van der Waals surface area contributed by atoms with Crippen LogP contribution in [0.1, 0.15) is 41.6 Å². The maximum absolute atomic E-state index is 11.4. The third-order valence-corrected chi connectivity index (χ3v) is 6.07. The SMILES string of the molecule is CCC(c1cccc(N=C(c2ccccc2)c2c(O)[nH]c3ccc([N+](=O)[O-])cc23)c1)c1cnc[nH]1. The van der Waals surface area contributed by atoms with Gasteiger partial charge in [0.05, 0.1) is 28.2 Å². The summed E-state index contributed by atoms with van der Waals surface area (Å²) in [5.41, 5.74) is 5.06. The van der Waals surface area contributed by atoms with Crippen molar-refractivity contribution in [2.45, 2.75) is 19.3 Å². The van der Waals surface area contributed by atoms with Crippen molar-refractivity contribution in [2.75, 3.05) is 0 Å². The number of fused-ring (bicyclic) bond motifs is 1. The van der Waals surface area contributed by atoms with E-state index in [1.165, 1.54) is 12.1 Å². The molecule has 5 aromatic rings. The van der Waals surface area contributed by atoms with Crippen molar-refractivity contribution in [1.82, 2.24) is 15.0 Å². The van der Waals surface area contributed by atoms with Gasteiger partial charge in [0.15, 0.2) is 5.88 Å². The highest BCUT2D eigenvalue weighted by atomic mass is 16.6. The lowest BCUT2D eigenvalue weighted by atomic mass is 9.93. The third-order valence-electron chi connectivity index (χ3n) is 6.07. The molecule has 0 saturated heterocycles. The molecule has 0 spiro atoms. The van der Waals surface area contributed by atoms with Crippen LogP contribution in [0.25, 0.3) is 10.9 Å². The Hall–Kier alpha value is -4.72. The molecule has 3 N–H and O–H groups in total. The number of imidazole rings is 1. The molecule has 35 heavy (non-hydrogen) atoms. The molecular weight excluding hydrogens is 442 g/mol. The van der Waals surface area contributed by atoms with Crippen molar-refractivity contribution < 1.29 is 10.0 Å². The molecule has 0 aliphatic heterocycles. The zero-order valence-electron chi connectivity index (χ0n) is 19.0. The predicted molar refractivity (Wildman–Crippen MR) is 136 cm³/mol. The monoisotopic (exact) mass is 465 g/mol. The third kappa shape index (κ3) is 4.29. The molecule has 2 aromatic heterocycles. The fourth-order valence-corrected chi connectivity index (χ4v) is 4.41. The number of non-ortho nitro benzene ring substituents is 1. The van der Waals surface area contributed by atoms with Crippen LogP contribution in [-0.4, -0.2) is 30.7 Å². The van der Waals surface area contributed by atoms with Crippen LogP contribution in [0.15, 0.2) is 90.3 Å². The Morgan fingerprint density at radius 1 is 1.11 bits per heavy atom. The van der Waals surface area contributed by atoms with Crippen LogP contribution in [0.3, 0.4) is 0 Å². The first-order valence-corrected chi connectivity index (χ1v) is 11.3. The number of aromatic amines is 2. The topological polar surface area (TPSA) is 120 Å². The molecule has 174 valence electrons. The van der Waals surface area contributed by atoms with Gasteiger partial charge < -0.3 is 15.1 Å². The van der Waals surface area contributed by atoms with E-state index in [0.717, 1.165) is 23.2 Å². The largest absolute Gasteiger partial charge is 0.494 e. The summed E-state index contributed by atoms with van der Waals surface area (Å²) in [6, 6.07) is 21.9. The molecule has 1 unspecified atom stereocenters. The number of benzene rings is 3. The molecule has 8 heteroatoms. The van der Waals surface area contributed by atoms with Crippen LogP contribution in [0.4, 0.5) is 11.4 Å². The summed E-state index contributed by atoms with van der Waals surface area (Å²) in [5.74, 6) is 0.0418. The predicted octanol–water partition coefficient (Wildman–Crippen LogP) is 6.22. The second-order valence-corrected chi connectivity index (χ2v) is 8.22. The van der Waals surface area contributed by atoms with Crippen LogP contribution in [-0.2, 0) is 0 Å². The van der Waals surface area contributed by atoms with Crippen LogP contribution in [0.2, 0.25) is 0 Å². The Bertz CT molecular complexity index is 1520. The van der Waals surface area contributed by atoms with Gasteiger partial charge in [-0.2, -0.15) is 0 Å². The van der Waals surface area contributed by atoms with Gasteiger partial charge in [0.1, 0.15) is 0 Å². The number of hydrogen-bond donors (Lipinski definition) is 3. The highest BCUT2D eigenvalue weighted by Gasteiger charge is 2.21. The lowest BCUT2D eigenvalue weighted by Crippen LogP contribution is -2.03. The number of aromatic nitrogens is 3. The number of hydrogen-bond acceptors (Lipinski definition) is 5. The lowest BCUT2D eigenvalue weighted by molar-refractivity contribution is -0.384. The first kappa shape index (κ1) is 22.1. The Balaban J connectivity index is 1.69. The number of nitrogens with one attached hydrogen (secondary N) is 2. The van der Waals surface area contributed by atoms with Crippen molar-refractivity contribution in [3.05, 3.63) is 118 Å². The summed E-state index contributed by atoms with van der Waals surface area (Å²) >= 11 is 0. The van der Waals surface area contributed by atoms with Crippen LogP contribution < -0.4 is 0 Å². The minimum Gasteiger partial charge on any atom is -0.494 e. The standard InChI is InChI=1S/C27H23N5O3/c1-2-21(24-15-28-16-29-24)18-9-6-10-19(13-18)30-26(17-7-4-3-5-8-17)25-22-14-20(32(34)35)11-12-23(22)31-27(25)33/h3-16,21,31,33H,2H2,1H3,(H,28,29). The number of nitro groups is 1. The molecule has 0 saturated carbocycles. The van der Waals surface area contributed by atoms with Crippen LogP contribution in [0.5, 0.6) is 5.88 Å². The molecule has 0 radical (unpaired) electrons. The summed E-state index contributed by atoms with van der Waals surface area (Å²) in [4.78, 5) is 26.2. The van der Waals surface area contributed by atoms with Crippen molar-refractivity contribution >= 4 is 28.0 Å². The summed E-state index contributed by atoms with van der Waals surface area (Å²) in [5, 5.41) is 22.8. The summed E-state index contributed by atoms with van der Waals surface area (Å²) < 4.78 is 0. The Morgan fingerprint density at radius 2 is 1.94 bits per heavy atom. The smallest absolute Gasteiger partial charge is 0.270 e. The molecule has 3 aromatic carbocycles. The molecule has 0 bridgehead atoms. The highest BCUT2D eigenvalue weighted by Crippen LogP contribution is 2.34. The molecule has 0 fully saturated rings. The van der Waals surface area contributed by atoms with E-state index in [1.807, 2.05) is 54.7 Å². The van der Waals surface area contributed by atoms with E-state index in [9.17, 15) is 15.2 Å². The Kier molecular flexibility index (Phi) is 5.85. The van der Waals surface area contributed by atoms with Gasteiger partial charge in [-0.3, -0.25) is 10.1 Å². The van der Waals surface area contributed by atoms with Crippen LogP contribution >= 0.6 is 0 Å². The molecule has 0 amide bonds. The normalized spacial score (nSPS) is 12.7. The summed E-state index contributed by atoms with van der Waals surface area (Å²) in [6.45, 7) is 2.12. The maximum Gasteiger partial charge on any atom is 0.270 e. The minimum absolute atomic E-state index is 0.0579. The number of nitrogens with zero attached hydrogens (tertiary/aromatic N) is 3. The number of rotatable bonds is 7. The molecule has 2 heterocycles. The van der Waals surface area contributed by atoms with E-state index >= 15 is 0 Å². The number of aromatic hydroxyl groups is 1. The van der Waals surface area contributed by atoms with E-state index in [-0.39, 0.29) is 17.5 Å². The van der Waals surface area contributed by atoms with E-state index in [4.69, 9.17) is 4.99 Å². The molecule has 5 rings (SSSR count). The first-order chi connectivity index (χ1) is 17.0. The van der Waals surface area contributed by atoms with Crippen molar-refractivity contribution in [1.29, 1.82) is 0 Å². The Morgan fingerprint density at radius 3 is 2.66 bits per heavy atom. The first-order valence-electron chi connectivity index (χ1n) is 11.3. The molecule has 1 atom stereocenters. The van der Waals surface area contributed by atoms with Gasteiger partial charge in [0.2, 0.25) is 0 Å². The van der Waals surface area contributed by atoms with Crippen molar-refractivity contribution in [3.8, 4) is 5.88 Å². The zero-order chi connectivity index (χ0) is 24.4.